The molecule has 0 aliphatic carbocycles. The van der Waals surface area contributed by atoms with Gasteiger partial charge in [-0.3, -0.25) is 4.72 Å². The summed E-state index contributed by atoms with van der Waals surface area (Å²) in [6, 6.07) is 4.37. The molecule has 3 rings (SSSR count). The second-order valence-corrected chi connectivity index (χ2v) is 10.1. The predicted molar refractivity (Wildman–Crippen MR) is 110 cm³/mol. The zero-order chi connectivity index (χ0) is 22.4. The van der Waals surface area contributed by atoms with Crippen molar-refractivity contribution in [1.29, 1.82) is 0 Å². The van der Waals surface area contributed by atoms with Gasteiger partial charge in [0.15, 0.2) is 10.7 Å². The van der Waals surface area contributed by atoms with Crippen LogP contribution in [0.5, 0.6) is 0 Å². The van der Waals surface area contributed by atoms with E-state index < -0.39 is 43.3 Å². The van der Waals surface area contributed by atoms with Gasteiger partial charge in [0, 0.05) is 25.2 Å². The van der Waals surface area contributed by atoms with Crippen LogP contribution in [0.3, 0.4) is 0 Å². The minimum atomic E-state index is -4.74. The van der Waals surface area contributed by atoms with Crippen molar-refractivity contribution in [3.63, 3.8) is 0 Å². The summed E-state index contributed by atoms with van der Waals surface area (Å²) in [6.07, 6.45) is 0. The summed E-state index contributed by atoms with van der Waals surface area (Å²) >= 11 is 6.14. The molecule has 1 saturated heterocycles. The Labute approximate surface area is 178 Å². The van der Waals surface area contributed by atoms with Crippen molar-refractivity contribution in [2.24, 2.45) is 5.41 Å². The van der Waals surface area contributed by atoms with Crippen LogP contribution in [0.15, 0.2) is 29.2 Å². The minimum Gasteiger partial charge on any atom is -0.368 e. The summed E-state index contributed by atoms with van der Waals surface area (Å²) in [4.78, 5) is 5.85. The first-order chi connectivity index (χ1) is 13.8. The van der Waals surface area contributed by atoms with Crippen LogP contribution in [0.25, 0.3) is 0 Å². The Morgan fingerprint density at radius 3 is 2.50 bits per heavy atom. The largest absolute Gasteiger partial charge is 0.368 e. The van der Waals surface area contributed by atoms with Crippen LogP contribution in [-0.2, 0) is 10.0 Å². The van der Waals surface area contributed by atoms with E-state index in [4.69, 9.17) is 11.6 Å². The first-order valence-corrected chi connectivity index (χ1v) is 10.9. The number of hydrogen-bond donors (Lipinski definition) is 1. The molecule has 1 N–H and O–H groups in total. The number of likely N-dealkylation sites (N-methyl/N-ethyl adjacent to an activating group) is 1. The van der Waals surface area contributed by atoms with E-state index in [9.17, 15) is 21.6 Å². The smallest absolute Gasteiger partial charge is 0.268 e. The Morgan fingerprint density at radius 2 is 1.93 bits per heavy atom. The first kappa shape index (κ1) is 22.6. The van der Waals surface area contributed by atoms with Crippen LogP contribution in [0.4, 0.5) is 24.7 Å². The minimum absolute atomic E-state index is 0.0759. The Bertz CT molecular complexity index is 1080. The zero-order valence-electron chi connectivity index (χ0n) is 16.9. The third kappa shape index (κ3) is 4.21. The van der Waals surface area contributed by atoms with Crippen molar-refractivity contribution in [3.05, 3.63) is 46.9 Å². The lowest BCUT2D eigenvalue weighted by Gasteiger charge is -2.30. The van der Waals surface area contributed by atoms with Crippen LogP contribution in [0, 0.1) is 23.0 Å². The highest BCUT2D eigenvalue weighted by Gasteiger charge is 2.42. The molecule has 0 bridgehead atoms. The van der Waals surface area contributed by atoms with Gasteiger partial charge >= 0.3 is 0 Å². The molecule has 0 saturated carbocycles. The molecule has 2 heterocycles. The molecule has 1 aliphatic heterocycles. The maximum Gasteiger partial charge on any atom is 0.268 e. The number of benzene rings is 1. The van der Waals surface area contributed by atoms with E-state index >= 15 is 0 Å². The molecule has 1 aromatic carbocycles. The Kier molecular flexibility index (Phi) is 5.96. The summed E-state index contributed by atoms with van der Waals surface area (Å²) in [6.45, 7) is 5.02. The van der Waals surface area contributed by atoms with E-state index in [-0.39, 0.29) is 17.1 Å². The Morgan fingerprint density at radius 1 is 1.27 bits per heavy atom. The topological polar surface area (TPSA) is 65.5 Å². The lowest BCUT2D eigenvalue weighted by Crippen LogP contribution is -2.39. The molecular formula is C19H22ClF3N4O2S. The number of pyridine rings is 1. The second kappa shape index (κ2) is 7.90. The van der Waals surface area contributed by atoms with E-state index in [0.717, 1.165) is 18.2 Å². The number of halogens is 4. The monoisotopic (exact) mass is 462 g/mol. The summed E-state index contributed by atoms with van der Waals surface area (Å²) < 4.78 is 70.0. The number of aromatic nitrogens is 1. The number of anilines is 2. The molecule has 11 heteroatoms. The normalized spacial score (nSPS) is 18.8. The van der Waals surface area contributed by atoms with Gasteiger partial charge in [-0.1, -0.05) is 31.5 Å². The third-order valence-corrected chi connectivity index (χ3v) is 6.93. The molecule has 164 valence electrons. The van der Waals surface area contributed by atoms with Crippen LogP contribution in [0.1, 0.15) is 13.8 Å². The SMILES string of the molecule is CN(C)[C@H]1CN(c2cc(F)c(S(=O)(=O)Nc3cccc(F)n3)c(F)c2Cl)CC1(C)C. The van der Waals surface area contributed by atoms with Gasteiger partial charge in [-0.15, -0.1) is 0 Å². The van der Waals surface area contributed by atoms with Gasteiger partial charge < -0.3 is 9.80 Å². The van der Waals surface area contributed by atoms with E-state index in [1.807, 2.05) is 37.6 Å². The molecule has 1 aromatic heterocycles. The molecule has 1 fully saturated rings. The first-order valence-electron chi connectivity index (χ1n) is 9.08. The highest BCUT2D eigenvalue weighted by Crippen LogP contribution is 2.41. The Balaban J connectivity index is 1.99. The van der Waals surface area contributed by atoms with Crippen molar-refractivity contribution in [2.75, 3.05) is 36.8 Å². The maximum atomic E-state index is 15.0. The van der Waals surface area contributed by atoms with Crippen LogP contribution < -0.4 is 9.62 Å². The number of sulfonamides is 1. The standard InChI is InChI=1S/C19H22ClF3N4O2S/c1-19(2)10-27(9-13(19)26(3)4)12-8-11(21)18(17(23)16(12)20)30(28,29)25-15-7-5-6-14(22)24-15/h5-8,13H,9-10H2,1-4H3,(H,24,25)/t13-/m0/s1. The summed E-state index contributed by atoms with van der Waals surface area (Å²) in [7, 11) is -0.907. The molecule has 2 aromatic rings. The highest BCUT2D eigenvalue weighted by atomic mass is 35.5. The van der Waals surface area contributed by atoms with Crippen LogP contribution in [0.2, 0.25) is 5.02 Å². The van der Waals surface area contributed by atoms with Crippen molar-refractivity contribution in [3.8, 4) is 0 Å². The molecular weight excluding hydrogens is 441 g/mol. The molecule has 1 aliphatic rings. The zero-order valence-corrected chi connectivity index (χ0v) is 18.5. The quantitative estimate of drug-likeness (QED) is 0.542. The summed E-state index contributed by atoms with van der Waals surface area (Å²) in [5.41, 5.74) is -0.110. The number of nitrogens with one attached hydrogen (secondary N) is 1. The van der Waals surface area contributed by atoms with Gasteiger partial charge in [-0.2, -0.15) is 4.39 Å². The summed E-state index contributed by atoms with van der Waals surface area (Å²) in [5.74, 6) is -4.08. The Hall–Kier alpha value is -2.04. The van der Waals surface area contributed by atoms with Crippen molar-refractivity contribution < 1.29 is 21.6 Å². The fourth-order valence-corrected chi connectivity index (χ4v) is 5.33. The van der Waals surface area contributed by atoms with Gasteiger partial charge in [-0.25, -0.2) is 22.2 Å². The van der Waals surface area contributed by atoms with Gasteiger partial charge in [0.2, 0.25) is 5.95 Å². The molecule has 1 atom stereocenters. The van der Waals surface area contributed by atoms with Gasteiger partial charge in [0.25, 0.3) is 10.0 Å². The lowest BCUT2D eigenvalue weighted by atomic mass is 9.87. The summed E-state index contributed by atoms with van der Waals surface area (Å²) in [5, 5.41) is -0.501. The van der Waals surface area contributed by atoms with E-state index in [0.29, 0.717) is 13.1 Å². The van der Waals surface area contributed by atoms with Crippen molar-refractivity contribution in [2.45, 2.75) is 24.8 Å². The van der Waals surface area contributed by atoms with E-state index in [1.54, 1.807) is 4.90 Å². The van der Waals surface area contributed by atoms with Gasteiger partial charge in [0.05, 0.1) is 5.69 Å². The lowest BCUT2D eigenvalue weighted by molar-refractivity contribution is 0.188. The van der Waals surface area contributed by atoms with Crippen molar-refractivity contribution >= 4 is 33.1 Å². The second-order valence-electron chi connectivity index (χ2n) is 8.13. The van der Waals surface area contributed by atoms with Crippen molar-refractivity contribution in [1.82, 2.24) is 9.88 Å². The molecule has 0 amide bonds. The molecule has 30 heavy (non-hydrogen) atoms. The number of rotatable bonds is 5. The maximum absolute atomic E-state index is 15.0. The fourth-order valence-electron chi connectivity index (χ4n) is 3.86. The van der Waals surface area contributed by atoms with Crippen LogP contribution >= 0.6 is 11.6 Å². The average Bonchev–Trinajstić information content (AvgIpc) is 2.93. The van der Waals surface area contributed by atoms with Gasteiger partial charge in [0.1, 0.15) is 16.7 Å². The number of nitrogens with zero attached hydrogens (tertiary/aromatic N) is 3. The molecule has 0 radical (unpaired) electrons. The van der Waals surface area contributed by atoms with E-state index in [2.05, 4.69) is 4.98 Å². The fraction of sp³-hybridized carbons (Fsp3) is 0.421. The molecule has 0 spiro atoms. The predicted octanol–water partition coefficient (Wildman–Crippen LogP) is 3.73. The number of hydrogen-bond acceptors (Lipinski definition) is 5. The van der Waals surface area contributed by atoms with Crippen LogP contribution in [-0.4, -0.2) is 51.5 Å². The molecule has 6 nitrogen and oxygen atoms in total. The van der Waals surface area contributed by atoms with Gasteiger partial charge in [-0.05, 0) is 31.6 Å². The third-order valence-electron chi connectivity index (χ3n) is 5.18. The average molecular weight is 463 g/mol. The van der Waals surface area contributed by atoms with E-state index in [1.165, 1.54) is 6.07 Å². The molecule has 0 unspecified atom stereocenters. The highest BCUT2D eigenvalue weighted by molar-refractivity contribution is 7.92.